The summed E-state index contributed by atoms with van der Waals surface area (Å²) in [6.07, 6.45) is 53.2. The molecule has 0 bridgehead atoms. The van der Waals surface area contributed by atoms with Crippen molar-refractivity contribution in [2.75, 3.05) is 13.2 Å². The van der Waals surface area contributed by atoms with Crippen LogP contribution in [0.3, 0.4) is 0 Å². The van der Waals surface area contributed by atoms with Gasteiger partial charge in [-0.3, -0.25) is 9.59 Å². The number of aliphatic hydroxyl groups excluding tert-OH is 2. The number of carbonyl (C=O) groups excluding carboxylic acids is 2. The van der Waals surface area contributed by atoms with Gasteiger partial charge in [-0.2, -0.15) is 0 Å². The van der Waals surface area contributed by atoms with Crippen molar-refractivity contribution in [2.24, 2.45) is 0 Å². The summed E-state index contributed by atoms with van der Waals surface area (Å²) in [6.45, 7) is 4.91. The maximum atomic E-state index is 12.4. The highest BCUT2D eigenvalue weighted by atomic mass is 16.5. The lowest BCUT2D eigenvalue weighted by Crippen LogP contribution is -2.45. The Balaban J connectivity index is 3.43. The zero-order valence-electron chi connectivity index (χ0n) is 38.3. The molecule has 0 saturated heterocycles. The third kappa shape index (κ3) is 44.0. The largest absolute Gasteiger partial charge is 0.466 e. The van der Waals surface area contributed by atoms with E-state index in [1.807, 2.05) is 0 Å². The second-order valence-corrected chi connectivity index (χ2v) is 17.5. The van der Waals surface area contributed by atoms with Crippen LogP contribution in [0.5, 0.6) is 0 Å². The third-order valence-corrected chi connectivity index (χ3v) is 11.8. The molecule has 0 fully saturated rings. The predicted molar refractivity (Wildman–Crippen MR) is 246 cm³/mol. The van der Waals surface area contributed by atoms with Crippen molar-refractivity contribution in [3.05, 3.63) is 12.2 Å². The van der Waals surface area contributed by atoms with E-state index >= 15 is 0 Å². The molecule has 0 aliphatic rings. The number of unbranched alkanes of at least 4 members (excludes halogenated alkanes) is 34. The number of carbonyl (C=O) groups is 2. The van der Waals surface area contributed by atoms with Gasteiger partial charge in [-0.25, -0.2) is 0 Å². The molecule has 0 radical (unpaired) electrons. The summed E-state index contributed by atoms with van der Waals surface area (Å²) in [7, 11) is 0. The molecule has 3 N–H and O–H groups in total. The van der Waals surface area contributed by atoms with Crippen LogP contribution in [-0.4, -0.2) is 47.4 Å². The van der Waals surface area contributed by atoms with Crippen LogP contribution in [0.15, 0.2) is 12.2 Å². The lowest BCUT2D eigenvalue weighted by molar-refractivity contribution is -0.143. The molecule has 0 aliphatic carbocycles. The molecule has 6 nitrogen and oxygen atoms in total. The Labute approximate surface area is 355 Å². The number of aliphatic hydroxyl groups is 2. The van der Waals surface area contributed by atoms with Crippen LogP contribution in [0.25, 0.3) is 0 Å². The molecule has 0 aromatic heterocycles. The fraction of sp³-hybridized carbons (Fsp3) is 0.922. The van der Waals surface area contributed by atoms with Crippen molar-refractivity contribution in [1.82, 2.24) is 5.32 Å². The minimum absolute atomic E-state index is 0.0126. The van der Waals surface area contributed by atoms with Gasteiger partial charge in [0.05, 0.1) is 25.4 Å². The van der Waals surface area contributed by atoms with Crippen LogP contribution >= 0.6 is 0 Å². The van der Waals surface area contributed by atoms with Crippen LogP contribution in [0.1, 0.15) is 277 Å². The Bertz CT molecular complexity index is 847. The molecule has 338 valence electrons. The maximum Gasteiger partial charge on any atom is 0.305 e. The SMILES string of the molecule is CCCCCCCC/C=C\CCCCCCCCCC(=O)OCCCCCCCCCCCCCCC(=O)NC(CO)C(O)CCCCCCCCCCCCC. The predicted octanol–water partition coefficient (Wildman–Crippen LogP) is 15.0. The fourth-order valence-corrected chi connectivity index (χ4v) is 7.87. The summed E-state index contributed by atoms with van der Waals surface area (Å²) in [5, 5.41) is 23.1. The molecule has 0 aliphatic heterocycles. The smallest absolute Gasteiger partial charge is 0.305 e. The quantitative estimate of drug-likeness (QED) is 0.0323. The number of hydrogen-bond acceptors (Lipinski definition) is 5. The van der Waals surface area contributed by atoms with E-state index in [1.54, 1.807) is 0 Å². The van der Waals surface area contributed by atoms with E-state index in [9.17, 15) is 19.8 Å². The summed E-state index contributed by atoms with van der Waals surface area (Å²) in [6, 6.07) is -0.551. The van der Waals surface area contributed by atoms with Gasteiger partial charge in [-0.1, -0.05) is 225 Å². The zero-order chi connectivity index (χ0) is 41.5. The molecule has 0 spiro atoms. The van der Waals surface area contributed by atoms with Gasteiger partial charge >= 0.3 is 5.97 Å². The first-order valence-electron chi connectivity index (χ1n) is 25.4. The lowest BCUT2D eigenvalue weighted by atomic mass is 10.0. The fourth-order valence-electron chi connectivity index (χ4n) is 7.87. The van der Waals surface area contributed by atoms with E-state index in [0.717, 1.165) is 57.8 Å². The van der Waals surface area contributed by atoms with Gasteiger partial charge in [0.15, 0.2) is 0 Å². The maximum absolute atomic E-state index is 12.4. The van der Waals surface area contributed by atoms with Crippen molar-refractivity contribution in [3.8, 4) is 0 Å². The number of nitrogens with one attached hydrogen (secondary N) is 1. The van der Waals surface area contributed by atoms with Gasteiger partial charge in [0.25, 0.3) is 0 Å². The summed E-state index contributed by atoms with van der Waals surface area (Å²) >= 11 is 0. The van der Waals surface area contributed by atoms with Gasteiger partial charge < -0.3 is 20.3 Å². The molecular weight excluding hydrogens is 707 g/mol. The van der Waals surface area contributed by atoms with E-state index in [1.165, 1.54) is 186 Å². The van der Waals surface area contributed by atoms with Crippen LogP contribution in [0.2, 0.25) is 0 Å². The Kier molecular flexibility index (Phi) is 46.1. The average molecular weight is 806 g/mol. The van der Waals surface area contributed by atoms with Crippen molar-refractivity contribution < 1.29 is 24.5 Å². The molecule has 57 heavy (non-hydrogen) atoms. The Morgan fingerprint density at radius 2 is 0.825 bits per heavy atom. The highest BCUT2D eigenvalue weighted by Gasteiger charge is 2.20. The van der Waals surface area contributed by atoms with Gasteiger partial charge in [-0.05, 0) is 51.4 Å². The number of ether oxygens (including phenoxy) is 1. The summed E-state index contributed by atoms with van der Waals surface area (Å²) in [4.78, 5) is 24.5. The number of hydrogen-bond donors (Lipinski definition) is 3. The summed E-state index contributed by atoms with van der Waals surface area (Å²) in [5.41, 5.74) is 0. The molecule has 0 saturated carbocycles. The number of rotatable bonds is 47. The number of amides is 1. The molecule has 6 heteroatoms. The Hall–Kier alpha value is -1.40. The molecular formula is C51H99NO5. The van der Waals surface area contributed by atoms with Crippen LogP contribution in [0, 0.1) is 0 Å². The third-order valence-electron chi connectivity index (χ3n) is 11.8. The molecule has 2 unspecified atom stereocenters. The van der Waals surface area contributed by atoms with Crippen LogP contribution < -0.4 is 5.32 Å². The highest BCUT2D eigenvalue weighted by molar-refractivity contribution is 5.76. The van der Waals surface area contributed by atoms with Gasteiger partial charge in [0.1, 0.15) is 0 Å². The minimum atomic E-state index is -0.672. The van der Waals surface area contributed by atoms with Crippen molar-refractivity contribution in [1.29, 1.82) is 0 Å². The summed E-state index contributed by atoms with van der Waals surface area (Å²) in [5.74, 6) is -0.0640. The topological polar surface area (TPSA) is 95.9 Å². The molecule has 0 rings (SSSR count). The Morgan fingerprint density at radius 3 is 1.25 bits per heavy atom. The minimum Gasteiger partial charge on any atom is -0.466 e. The normalized spacial score (nSPS) is 12.7. The highest BCUT2D eigenvalue weighted by Crippen LogP contribution is 2.16. The standard InChI is InChI=1S/C51H99NO5/c1-3-5-7-9-11-13-15-16-17-18-19-20-25-29-33-37-41-45-51(56)57-46-42-38-34-30-26-22-21-24-28-32-36-40-44-50(55)52-48(47-53)49(54)43-39-35-31-27-23-14-12-10-8-6-4-2/h16-17,48-49,53-54H,3-15,18-47H2,1-2H3,(H,52,55)/b17-16-. The van der Waals surface area contributed by atoms with Crippen molar-refractivity contribution >= 4 is 11.9 Å². The molecule has 1 amide bonds. The monoisotopic (exact) mass is 806 g/mol. The van der Waals surface area contributed by atoms with E-state index in [2.05, 4.69) is 31.3 Å². The molecule has 0 aromatic carbocycles. The molecule has 0 aromatic rings. The lowest BCUT2D eigenvalue weighted by Gasteiger charge is -2.22. The molecule has 0 heterocycles. The van der Waals surface area contributed by atoms with Crippen LogP contribution in [0.4, 0.5) is 0 Å². The zero-order valence-corrected chi connectivity index (χ0v) is 38.3. The summed E-state index contributed by atoms with van der Waals surface area (Å²) < 4.78 is 5.46. The van der Waals surface area contributed by atoms with Gasteiger partial charge in [0, 0.05) is 12.8 Å². The first kappa shape index (κ1) is 55.6. The first-order chi connectivity index (χ1) is 28.0. The van der Waals surface area contributed by atoms with Crippen molar-refractivity contribution in [3.63, 3.8) is 0 Å². The Morgan fingerprint density at radius 1 is 0.474 bits per heavy atom. The number of esters is 1. The average Bonchev–Trinajstić information content (AvgIpc) is 3.21. The molecule has 2 atom stereocenters. The second-order valence-electron chi connectivity index (χ2n) is 17.5. The van der Waals surface area contributed by atoms with E-state index in [0.29, 0.717) is 25.9 Å². The van der Waals surface area contributed by atoms with E-state index < -0.39 is 12.1 Å². The van der Waals surface area contributed by atoms with Crippen molar-refractivity contribution in [2.45, 2.75) is 289 Å². The van der Waals surface area contributed by atoms with E-state index in [-0.39, 0.29) is 18.5 Å². The van der Waals surface area contributed by atoms with Gasteiger partial charge in [0.2, 0.25) is 5.91 Å². The van der Waals surface area contributed by atoms with Gasteiger partial charge in [-0.15, -0.1) is 0 Å². The number of allylic oxidation sites excluding steroid dienone is 2. The van der Waals surface area contributed by atoms with Crippen LogP contribution in [-0.2, 0) is 14.3 Å². The second kappa shape index (κ2) is 47.3. The first-order valence-corrected chi connectivity index (χ1v) is 25.4. The van der Waals surface area contributed by atoms with E-state index in [4.69, 9.17) is 4.74 Å².